The lowest BCUT2D eigenvalue weighted by atomic mass is 10.0. The molecule has 3 nitrogen and oxygen atoms in total. The minimum Gasteiger partial charge on any atom is -0.492 e. The number of ether oxygens (including phenoxy) is 1. The zero-order valence-corrected chi connectivity index (χ0v) is 14.6. The van der Waals surface area contributed by atoms with E-state index in [1.54, 1.807) is 6.07 Å². The third-order valence-electron chi connectivity index (χ3n) is 3.52. The highest BCUT2D eigenvalue weighted by atomic mass is 35.5. The minimum absolute atomic E-state index is 0.0501. The molecule has 23 heavy (non-hydrogen) atoms. The van der Waals surface area contributed by atoms with Crippen LogP contribution in [-0.2, 0) is 0 Å². The summed E-state index contributed by atoms with van der Waals surface area (Å²) >= 11 is 18.7. The van der Waals surface area contributed by atoms with Crippen LogP contribution < -0.4 is 15.6 Å². The second-order valence-corrected chi connectivity index (χ2v) is 6.30. The van der Waals surface area contributed by atoms with Crippen LogP contribution in [0.4, 0.5) is 0 Å². The van der Waals surface area contributed by atoms with Gasteiger partial charge in [-0.1, -0.05) is 53.0 Å². The largest absolute Gasteiger partial charge is 0.492 e. The molecule has 1 atom stereocenters. The molecule has 1 aliphatic heterocycles. The number of rotatable bonds is 4. The van der Waals surface area contributed by atoms with Crippen molar-refractivity contribution in [3.63, 3.8) is 0 Å². The lowest BCUT2D eigenvalue weighted by Crippen LogP contribution is -2.26. The van der Waals surface area contributed by atoms with E-state index in [-0.39, 0.29) is 6.04 Å². The van der Waals surface area contributed by atoms with Crippen molar-refractivity contribution in [2.75, 3.05) is 6.61 Å². The number of hydrazine groups is 1. The Morgan fingerprint density at radius 1 is 1.09 bits per heavy atom. The summed E-state index contributed by atoms with van der Waals surface area (Å²) in [5.74, 6) is 0.610. The Labute approximate surface area is 150 Å². The van der Waals surface area contributed by atoms with Crippen molar-refractivity contribution in [1.82, 2.24) is 10.9 Å². The minimum atomic E-state index is -0.0501. The molecule has 2 aromatic carbocycles. The standard InChI is InChI=1S/C17H15Cl3N2O/c1-2-23-17-12(7-10(18)8-14(17)20)16-9-15(21-22-16)11-5-3-4-6-13(11)19/h3-9,15,21-22H,2H2,1H3/t15-/m1/s1. The quantitative estimate of drug-likeness (QED) is 0.773. The van der Waals surface area contributed by atoms with E-state index in [1.165, 1.54) is 0 Å². The molecule has 1 aliphatic rings. The highest BCUT2D eigenvalue weighted by Gasteiger charge is 2.23. The van der Waals surface area contributed by atoms with Crippen LogP contribution in [-0.4, -0.2) is 6.61 Å². The molecule has 120 valence electrons. The maximum atomic E-state index is 6.27. The molecule has 0 saturated heterocycles. The van der Waals surface area contributed by atoms with Gasteiger partial charge in [-0.05, 0) is 36.8 Å². The molecular weight excluding hydrogens is 355 g/mol. The van der Waals surface area contributed by atoms with Crippen LogP contribution in [0.15, 0.2) is 42.5 Å². The first kappa shape index (κ1) is 16.5. The van der Waals surface area contributed by atoms with Crippen molar-refractivity contribution < 1.29 is 4.74 Å². The van der Waals surface area contributed by atoms with E-state index in [4.69, 9.17) is 39.5 Å². The summed E-state index contributed by atoms with van der Waals surface area (Å²) in [7, 11) is 0. The first-order chi connectivity index (χ1) is 11.1. The van der Waals surface area contributed by atoms with Crippen molar-refractivity contribution in [2.45, 2.75) is 13.0 Å². The summed E-state index contributed by atoms with van der Waals surface area (Å²) in [4.78, 5) is 0. The lowest BCUT2D eigenvalue weighted by molar-refractivity contribution is 0.339. The molecule has 0 fully saturated rings. The second kappa shape index (κ2) is 7.02. The van der Waals surface area contributed by atoms with Crippen molar-refractivity contribution in [2.24, 2.45) is 0 Å². The normalized spacial score (nSPS) is 16.9. The van der Waals surface area contributed by atoms with Gasteiger partial charge in [-0.15, -0.1) is 0 Å². The zero-order chi connectivity index (χ0) is 16.4. The molecule has 2 N–H and O–H groups in total. The molecule has 0 unspecified atom stereocenters. The summed E-state index contributed by atoms with van der Waals surface area (Å²) in [5, 5.41) is 1.74. The van der Waals surface area contributed by atoms with Crippen LogP contribution in [0.2, 0.25) is 15.1 Å². The molecule has 0 spiro atoms. The zero-order valence-electron chi connectivity index (χ0n) is 12.4. The maximum Gasteiger partial charge on any atom is 0.147 e. The van der Waals surface area contributed by atoms with Gasteiger partial charge in [-0.25, -0.2) is 5.43 Å². The number of halogens is 3. The average Bonchev–Trinajstić information content (AvgIpc) is 3.00. The Morgan fingerprint density at radius 3 is 2.61 bits per heavy atom. The van der Waals surface area contributed by atoms with E-state index >= 15 is 0 Å². The molecule has 6 heteroatoms. The van der Waals surface area contributed by atoms with E-state index in [9.17, 15) is 0 Å². The van der Waals surface area contributed by atoms with Crippen LogP contribution in [0.5, 0.6) is 5.75 Å². The van der Waals surface area contributed by atoms with Gasteiger partial charge in [0.15, 0.2) is 0 Å². The first-order valence-electron chi connectivity index (χ1n) is 7.20. The van der Waals surface area contributed by atoms with E-state index in [1.807, 2.05) is 43.3 Å². The molecule has 3 rings (SSSR count). The molecule has 1 heterocycles. The Balaban J connectivity index is 2.00. The fourth-order valence-corrected chi connectivity index (χ4v) is 3.31. The van der Waals surface area contributed by atoms with Crippen LogP contribution in [0.25, 0.3) is 5.70 Å². The Morgan fingerprint density at radius 2 is 1.87 bits per heavy atom. The maximum absolute atomic E-state index is 6.27. The predicted molar refractivity (Wildman–Crippen MR) is 96.1 cm³/mol. The van der Waals surface area contributed by atoms with Gasteiger partial charge in [0.05, 0.1) is 23.4 Å². The van der Waals surface area contributed by atoms with E-state index in [0.717, 1.165) is 16.8 Å². The highest BCUT2D eigenvalue weighted by Crippen LogP contribution is 2.38. The fourth-order valence-electron chi connectivity index (χ4n) is 2.51. The second-order valence-electron chi connectivity index (χ2n) is 5.05. The third kappa shape index (κ3) is 3.43. The van der Waals surface area contributed by atoms with Crippen molar-refractivity contribution in [3.05, 3.63) is 68.7 Å². The fraction of sp³-hybridized carbons (Fsp3) is 0.176. The van der Waals surface area contributed by atoms with E-state index < -0.39 is 0 Å². The van der Waals surface area contributed by atoms with Crippen LogP contribution in [0.3, 0.4) is 0 Å². The highest BCUT2D eigenvalue weighted by molar-refractivity contribution is 6.36. The van der Waals surface area contributed by atoms with Gasteiger partial charge in [0.1, 0.15) is 5.75 Å². The Kier molecular flexibility index (Phi) is 5.02. The van der Waals surface area contributed by atoms with Gasteiger partial charge in [0, 0.05) is 15.6 Å². The van der Waals surface area contributed by atoms with Gasteiger partial charge in [-0.2, -0.15) is 0 Å². The predicted octanol–water partition coefficient (Wildman–Crippen LogP) is 5.24. The van der Waals surface area contributed by atoms with E-state index in [0.29, 0.717) is 27.4 Å². The van der Waals surface area contributed by atoms with Crippen LogP contribution >= 0.6 is 34.8 Å². The van der Waals surface area contributed by atoms with Gasteiger partial charge < -0.3 is 10.2 Å². The van der Waals surface area contributed by atoms with E-state index in [2.05, 4.69) is 10.9 Å². The smallest absolute Gasteiger partial charge is 0.147 e. The molecule has 2 aromatic rings. The molecular formula is C17H15Cl3N2O. The molecule has 0 bridgehead atoms. The number of nitrogens with one attached hydrogen (secondary N) is 2. The number of hydrogen-bond acceptors (Lipinski definition) is 3. The molecule has 0 radical (unpaired) electrons. The Bertz CT molecular complexity index is 761. The third-order valence-corrected chi connectivity index (χ3v) is 4.37. The topological polar surface area (TPSA) is 33.3 Å². The monoisotopic (exact) mass is 368 g/mol. The van der Waals surface area contributed by atoms with Crippen molar-refractivity contribution in [3.8, 4) is 5.75 Å². The molecule has 0 saturated carbocycles. The van der Waals surface area contributed by atoms with Crippen molar-refractivity contribution in [1.29, 1.82) is 0 Å². The Hall–Kier alpha value is -1.39. The first-order valence-corrected chi connectivity index (χ1v) is 8.33. The summed E-state index contributed by atoms with van der Waals surface area (Å²) in [5.41, 5.74) is 9.01. The lowest BCUT2D eigenvalue weighted by Gasteiger charge is -2.14. The summed E-state index contributed by atoms with van der Waals surface area (Å²) in [6, 6.07) is 11.2. The average molecular weight is 370 g/mol. The van der Waals surface area contributed by atoms with Gasteiger partial charge in [0.2, 0.25) is 0 Å². The van der Waals surface area contributed by atoms with Crippen molar-refractivity contribution >= 4 is 40.5 Å². The van der Waals surface area contributed by atoms with Gasteiger partial charge in [0.25, 0.3) is 0 Å². The molecule has 0 amide bonds. The summed E-state index contributed by atoms with van der Waals surface area (Å²) < 4.78 is 5.67. The number of hydrogen-bond donors (Lipinski definition) is 2. The summed E-state index contributed by atoms with van der Waals surface area (Å²) in [6.07, 6.45) is 2.03. The SMILES string of the molecule is CCOc1c(Cl)cc(Cl)cc1C1=C[C@H](c2ccccc2Cl)NN1. The molecule has 0 aromatic heterocycles. The van der Waals surface area contributed by atoms with Crippen LogP contribution in [0.1, 0.15) is 24.1 Å². The molecule has 0 aliphatic carbocycles. The van der Waals surface area contributed by atoms with Gasteiger partial charge >= 0.3 is 0 Å². The number of benzene rings is 2. The summed E-state index contributed by atoms with van der Waals surface area (Å²) in [6.45, 7) is 2.43. The van der Waals surface area contributed by atoms with Gasteiger partial charge in [-0.3, -0.25) is 0 Å². The van der Waals surface area contributed by atoms with Crippen LogP contribution in [0, 0.1) is 0 Å².